The number of hydrogen-bond donors (Lipinski definition) is 0. The van der Waals surface area contributed by atoms with Crippen molar-refractivity contribution >= 4 is 25.9 Å². The molecule has 15 heteroatoms. The predicted octanol–water partition coefficient (Wildman–Crippen LogP) is 7.81. The first-order valence-electron chi connectivity index (χ1n) is 26.2. The van der Waals surface area contributed by atoms with Crippen LogP contribution in [0.1, 0.15) is 132 Å². The van der Waals surface area contributed by atoms with Crippen molar-refractivity contribution < 1.29 is 61.4 Å². The molecule has 378 valence electrons. The third-order valence-electron chi connectivity index (χ3n) is 18.2. The summed E-state index contributed by atoms with van der Waals surface area (Å²) in [6.07, 6.45) is 3.69. The quantitative estimate of drug-likeness (QED) is 0.149. The molecule has 14 nitrogen and oxygen atoms in total. The zero-order chi connectivity index (χ0) is 48.3. The van der Waals surface area contributed by atoms with E-state index < -0.39 is 44.6 Å². The van der Waals surface area contributed by atoms with E-state index in [0.717, 1.165) is 49.7 Å². The number of Topliss-reactive ketones (excluding diaryl/α,β-unsaturated/α-hetero) is 1. The zero-order valence-corrected chi connectivity index (χ0v) is 42.8. The van der Waals surface area contributed by atoms with Gasteiger partial charge in [-0.05, 0) is 92.3 Å². The molecule has 10 saturated heterocycles. The molecule has 0 aromatic heterocycles. The molecule has 0 aliphatic carbocycles. The third-order valence-corrected chi connectivity index (χ3v) is 22.8. The molecular weight excluding hydrogens is 899 g/mol. The summed E-state index contributed by atoms with van der Waals surface area (Å²) in [6.45, 7) is 22.3. The van der Waals surface area contributed by atoms with Crippen LogP contribution >= 0.6 is 0 Å². The Bertz CT molecular complexity index is 2160. The molecule has 1 spiro atoms. The van der Waals surface area contributed by atoms with E-state index in [4.69, 9.17) is 47.1 Å². The molecule has 5 unspecified atom stereocenters. The van der Waals surface area contributed by atoms with Gasteiger partial charge in [-0.25, -0.2) is 0 Å². The second-order valence-corrected chi connectivity index (χ2v) is 28.6. The van der Waals surface area contributed by atoms with Gasteiger partial charge in [0.2, 0.25) is 0 Å². The molecule has 1 aromatic rings. The van der Waals surface area contributed by atoms with Crippen LogP contribution in [0.15, 0.2) is 48.6 Å². The molecule has 11 heterocycles. The Morgan fingerprint density at radius 1 is 0.754 bits per heavy atom. The Labute approximate surface area is 408 Å². The fourth-order valence-corrected chi connectivity index (χ4v) is 14.9. The summed E-state index contributed by atoms with van der Waals surface area (Å²) in [7, 11) is -0.776. The monoisotopic (exact) mass is 974 g/mol. The van der Waals surface area contributed by atoms with Crippen molar-refractivity contribution in [2.24, 2.45) is 11.8 Å². The average molecular weight is 974 g/mol. The van der Waals surface area contributed by atoms with Crippen LogP contribution in [-0.2, 0) is 51.9 Å². The zero-order valence-electron chi connectivity index (χ0n) is 41.8. The van der Waals surface area contributed by atoms with Crippen LogP contribution < -0.4 is 0 Å². The van der Waals surface area contributed by atoms with E-state index >= 15 is 0 Å². The summed E-state index contributed by atoms with van der Waals surface area (Å²) in [6, 6.07) is 6.97. The highest BCUT2D eigenvalue weighted by molar-refractivity contribution is 6.74. The molecule has 1 aromatic carbocycles. The van der Waals surface area contributed by atoms with E-state index in [-0.39, 0.29) is 121 Å². The number of fused-ring (bicyclic) bond motifs is 7. The van der Waals surface area contributed by atoms with Gasteiger partial charge in [-0.3, -0.25) is 19.3 Å². The van der Waals surface area contributed by atoms with Crippen molar-refractivity contribution in [1.29, 1.82) is 0 Å². The van der Waals surface area contributed by atoms with Crippen LogP contribution in [0.4, 0.5) is 0 Å². The topological polar surface area (TPSA) is 147 Å². The number of nitrogens with zero attached hydrogens (tertiary/aromatic N) is 1. The number of ketones is 1. The molecule has 10 fully saturated rings. The highest BCUT2D eigenvalue weighted by atomic mass is 28.4. The highest BCUT2D eigenvalue weighted by Crippen LogP contribution is 2.55. The first kappa shape index (κ1) is 48.6. The minimum Gasteiger partial charge on any atom is -0.412 e. The van der Waals surface area contributed by atoms with Gasteiger partial charge in [0.25, 0.3) is 11.8 Å². The lowest BCUT2D eigenvalue weighted by Crippen LogP contribution is -2.61. The fraction of sp³-hybridized carbons (Fsp3) is 0.759. The lowest BCUT2D eigenvalue weighted by molar-refractivity contribution is -0.292. The Morgan fingerprint density at radius 2 is 1.43 bits per heavy atom. The van der Waals surface area contributed by atoms with Gasteiger partial charge in [-0.1, -0.05) is 53.0 Å². The summed E-state index contributed by atoms with van der Waals surface area (Å²) >= 11 is 0. The summed E-state index contributed by atoms with van der Waals surface area (Å²) in [4.78, 5) is 43.6. The maximum absolute atomic E-state index is 14.7. The number of benzene rings is 1. The second-order valence-electron chi connectivity index (χ2n) is 23.8. The number of rotatable bonds is 7. The number of hydrogen-bond acceptors (Lipinski definition) is 13. The molecule has 0 radical (unpaired) electrons. The Kier molecular flexibility index (Phi) is 12.9. The third kappa shape index (κ3) is 8.93. The molecule has 11 aliphatic heterocycles. The van der Waals surface area contributed by atoms with E-state index in [0.29, 0.717) is 43.2 Å². The first-order chi connectivity index (χ1) is 32.9. The SMILES string of the molecule is C=C1C[C@@H]2CC[C@@]34C[C@H]5O[C@H]6[C@@H](O3)[C@H]3OC(CC[C@@H]3O[C@H]6C5O4)CC(=O)C[C@H]3[C@H](CC4O[C@@H](CCC1O2)C[C@@H](C)C4=C)OC(C[C@@H](CN1C(=O)c2ccccc2C1=O)O[Si](C)(C)C(C)(C)C)[C@@H]3OC. The molecule has 0 saturated carbocycles. The van der Waals surface area contributed by atoms with Gasteiger partial charge in [0.1, 0.15) is 36.3 Å². The van der Waals surface area contributed by atoms with Crippen molar-refractivity contribution in [3.63, 3.8) is 0 Å². The van der Waals surface area contributed by atoms with E-state index in [1.807, 2.05) is 0 Å². The van der Waals surface area contributed by atoms with Crippen molar-refractivity contribution in [2.75, 3.05) is 13.7 Å². The Hall–Kier alpha value is -2.67. The Morgan fingerprint density at radius 3 is 2.17 bits per heavy atom. The van der Waals surface area contributed by atoms with Crippen LogP contribution in [0.2, 0.25) is 18.1 Å². The van der Waals surface area contributed by atoms with Crippen molar-refractivity contribution in [1.82, 2.24) is 4.90 Å². The lowest BCUT2D eigenvalue weighted by Gasteiger charge is -2.47. The van der Waals surface area contributed by atoms with Crippen LogP contribution in [0.3, 0.4) is 0 Å². The van der Waals surface area contributed by atoms with Crippen molar-refractivity contribution in [3.05, 3.63) is 59.7 Å². The van der Waals surface area contributed by atoms with E-state index in [1.54, 1.807) is 31.4 Å². The number of methoxy groups -OCH3 is 1. The van der Waals surface area contributed by atoms with Gasteiger partial charge < -0.3 is 47.1 Å². The number of carbonyl (C=O) groups excluding carboxylic acids is 3. The molecule has 12 rings (SSSR count). The van der Waals surface area contributed by atoms with Crippen LogP contribution in [-0.4, -0.2) is 148 Å². The van der Waals surface area contributed by atoms with E-state index in [9.17, 15) is 14.4 Å². The van der Waals surface area contributed by atoms with Gasteiger partial charge in [0.05, 0.1) is 84.8 Å². The van der Waals surface area contributed by atoms with Crippen LogP contribution in [0, 0.1) is 11.8 Å². The van der Waals surface area contributed by atoms with Gasteiger partial charge in [-0.2, -0.15) is 0 Å². The maximum Gasteiger partial charge on any atom is 0.261 e. The van der Waals surface area contributed by atoms with Gasteiger partial charge in [0, 0.05) is 51.6 Å². The van der Waals surface area contributed by atoms with Gasteiger partial charge in [-0.15, -0.1) is 0 Å². The van der Waals surface area contributed by atoms with E-state index in [1.165, 1.54) is 4.90 Å². The molecule has 0 N–H and O–H groups in total. The molecule has 69 heavy (non-hydrogen) atoms. The number of imide groups is 1. The number of carbonyl (C=O) groups is 3. The van der Waals surface area contributed by atoms with Gasteiger partial charge in [0.15, 0.2) is 14.1 Å². The highest BCUT2D eigenvalue weighted by Gasteiger charge is 2.69. The molecule has 19 atom stereocenters. The Balaban J connectivity index is 0.882. The van der Waals surface area contributed by atoms with Crippen molar-refractivity contribution in [3.8, 4) is 0 Å². The number of amides is 2. The normalized spacial score (nSPS) is 43.8. The summed E-state index contributed by atoms with van der Waals surface area (Å²) < 4.78 is 68.8. The maximum atomic E-state index is 14.7. The largest absolute Gasteiger partial charge is 0.412 e. The molecule has 2 amide bonds. The lowest BCUT2D eigenvalue weighted by atomic mass is 9.81. The molecule has 11 aliphatic rings. The fourth-order valence-electron chi connectivity index (χ4n) is 13.5. The smallest absolute Gasteiger partial charge is 0.261 e. The van der Waals surface area contributed by atoms with Crippen molar-refractivity contribution in [2.45, 2.75) is 233 Å². The number of ether oxygens (including phenoxy) is 9. The van der Waals surface area contributed by atoms with E-state index in [2.05, 4.69) is 53.9 Å². The van der Waals surface area contributed by atoms with Crippen LogP contribution in [0.5, 0.6) is 0 Å². The van der Waals surface area contributed by atoms with Crippen LogP contribution in [0.25, 0.3) is 0 Å². The summed E-state index contributed by atoms with van der Waals surface area (Å²) in [5.41, 5.74) is 2.95. The minimum absolute atomic E-state index is 0.0150. The average Bonchev–Trinajstić information content (AvgIpc) is 4.03. The summed E-state index contributed by atoms with van der Waals surface area (Å²) in [5, 5.41) is -0.153. The molecular formula is C54H75NO13Si. The van der Waals surface area contributed by atoms with Gasteiger partial charge >= 0.3 is 0 Å². The molecule has 12 bridgehead atoms. The standard InChI is InChI=1S/C54H75NO13Si/c1-28-20-32-14-16-39-29(2)21-34(60-39)18-19-54-26-44-47(66-54)48-49(65-44)50(67-54)46-40(64-48)17-15-33(62-46)22-31(56)23-38-42(25-41(61-32)30(28)3)63-43(45(38)59-7)24-35(68-69(8,9)53(4,5)6)27-55-51(57)36-12-10-11-13-37(36)52(55)58/h10-13,28,32-35,38-50H,2-3,14-27H2,1,4-9H3/t28-,32+,33?,34+,35+,38+,39?,40+,41?,42+,43?,44-,45-,46+,47?,48+,49-,50+,54+/m1/s1. The summed E-state index contributed by atoms with van der Waals surface area (Å²) in [5.74, 6) is -1.50. The second kappa shape index (κ2) is 18.4. The minimum atomic E-state index is -2.46. The predicted molar refractivity (Wildman–Crippen MR) is 255 cm³/mol. The first-order valence-corrected chi connectivity index (χ1v) is 29.1.